The second-order valence-electron chi connectivity index (χ2n) is 6.24. The van der Waals surface area contributed by atoms with Gasteiger partial charge in [-0.15, -0.1) is 0 Å². The lowest BCUT2D eigenvalue weighted by molar-refractivity contribution is 0.587. The molecule has 2 heteroatoms. The van der Waals surface area contributed by atoms with Crippen molar-refractivity contribution in [2.24, 2.45) is 0 Å². The third-order valence-corrected chi connectivity index (χ3v) is 3.51. The predicted octanol–water partition coefficient (Wildman–Crippen LogP) is 3.03. The molecule has 0 fully saturated rings. The van der Waals surface area contributed by atoms with Gasteiger partial charge in [0, 0.05) is 13.1 Å². The van der Waals surface area contributed by atoms with Gasteiger partial charge in [0.25, 0.3) is 0 Å². The molecule has 0 heterocycles. The Morgan fingerprint density at radius 2 is 1.68 bits per heavy atom. The summed E-state index contributed by atoms with van der Waals surface area (Å²) in [6.07, 6.45) is 1.11. The van der Waals surface area contributed by atoms with E-state index in [1.807, 2.05) is 0 Å². The summed E-state index contributed by atoms with van der Waals surface area (Å²) in [6, 6.07) is 6.90. The van der Waals surface area contributed by atoms with Gasteiger partial charge in [0.15, 0.2) is 0 Å². The first-order chi connectivity index (χ1) is 8.95. The third-order valence-electron chi connectivity index (χ3n) is 3.51. The van der Waals surface area contributed by atoms with E-state index in [2.05, 4.69) is 63.5 Å². The highest BCUT2D eigenvalue weighted by molar-refractivity contribution is 5.34. The highest BCUT2D eigenvalue weighted by Gasteiger charge is 2.14. The smallest absolute Gasteiger partial charge is 0.00768 e. The third kappa shape index (κ3) is 5.75. The number of rotatable bonds is 7. The van der Waals surface area contributed by atoms with Crippen molar-refractivity contribution in [3.05, 3.63) is 34.9 Å². The molecule has 2 nitrogen and oxygen atoms in total. The largest absolute Gasteiger partial charge is 0.316 e. The van der Waals surface area contributed by atoms with Gasteiger partial charge in [-0.3, -0.25) is 0 Å². The predicted molar refractivity (Wildman–Crippen MR) is 85.0 cm³/mol. The van der Waals surface area contributed by atoms with E-state index in [4.69, 9.17) is 0 Å². The lowest BCUT2D eigenvalue weighted by Crippen LogP contribution is -2.28. The standard InChI is InChI=1S/C17H30N2/c1-6-18-11-12-19-10-9-15-13-16(17(3,4)5)8-7-14(15)2/h7-8,13,18-19H,6,9-12H2,1-5H3. The molecule has 0 unspecified atom stereocenters. The van der Waals surface area contributed by atoms with Crippen molar-refractivity contribution in [3.63, 3.8) is 0 Å². The fourth-order valence-corrected chi connectivity index (χ4v) is 2.11. The van der Waals surface area contributed by atoms with Crippen LogP contribution in [0.5, 0.6) is 0 Å². The van der Waals surface area contributed by atoms with Crippen LogP contribution in [0.15, 0.2) is 18.2 Å². The Morgan fingerprint density at radius 3 is 2.32 bits per heavy atom. The van der Waals surface area contributed by atoms with Gasteiger partial charge < -0.3 is 10.6 Å². The van der Waals surface area contributed by atoms with Gasteiger partial charge in [-0.2, -0.15) is 0 Å². The van der Waals surface area contributed by atoms with E-state index in [0.29, 0.717) is 0 Å². The Hall–Kier alpha value is -0.860. The molecule has 1 rings (SSSR count). The molecule has 1 aromatic carbocycles. The van der Waals surface area contributed by atoms with Crippen LogP contribution in [0.3, 0.4) is 0 Å². The van der Waals surface area contributed by atoms with Crippen LogP contribution in [0.2, 0.25) is 0 Å². The van der Waals surface area contributed by atoms with Crippen molar-refractivity contribution >= 4 is 0 Å². The number of hydrogen-bond donors (Lipinski definition) is 2. The number of hydrogen-bond acceptors (Lipinski definition) is 2. The Balaban J connectivity index is 2.49. The zero-order valence-electron chi connectivity index (χ0n) is 13.3. The Morgan fingerprint density at radius 1 is 1.00 bits per heavy atom. The monoisotopic (exact) mass is 262 g/mol. The fourth-order valence-electron chi connectivity index (χ4n) is 2.11. The van der Waals surface area contributed by atoms with Crippen molar-refractivity contribution in [2.45, 2.75) is 46.5 Å². The van der Waals surface area contributed by atoms with Crippen molar-refractivity contribution in [1.29, 1.82) is 0 Å². The SMILES string of the molecule is CCNCCNCCc1cc(C(C)(C)C)ccc1C. The Bertz CT molecular complexity index is 377. The van der Waals surface area contributed by atoms with Crippen molar-refractivity contribution in [3.8, 4) is 0 Å². The first kappa shape index (κ1) is 16.2. The van der Waals surface area contributed by atoms with E-state index in [9.17, 15) is 0 Å². The minimum absolute atomic E-state index is 0.237. The fraction of sp³-hybridized carbons (Fsp3) is 0.647. The lowest BCUT2D eigenvalue weighted by Gasteiger charge is -2.21. The summed E-state index contributed by atoms with van der Waals surface area (Å²) in [5.74, 6) is 0. The number of aryl methyl sites for hydroxylation is 1. The maximum absolute atomic E-state index is 3.49. The Labute approximate surface area is 119 Å². The Kier molecular flexibility index (Phi) is 6.53. The first-order valence-electron chi connectivity index (χ1n) is 7.46. The molecule has 0 aliphatic rings. The summed E-state index contributed by atoms with van der Waals surface area (Å²) in [6.45, 7) is 15.4. The van der Waals surface area contributed by atoms with Gasteiger partial charge in [-0.25, -0.2) is 0 Å². The van der Waals surface area contributed by atoms with Crippen molar-refractivity contribution in [1.82, 2.24) is 10.6 Å². The molecular formula is C17H30N2. The minimum atomic E-state index is 0.237. The van der Waals surface area contributed by atoms with E-state index in [1.165, 1.54) is 16.7 Å². The molecule has 0 atom stereocenters. The van der Waals surface area contributed by atoms with Gasteiger partial charge in [0.05, 0.1) is 0 Å². The van der Waals surface area contributed by atoms with Gasteiger partial charge in [0.1, 0.15) is 0 Å². The van der Waals surface area contributed by atoms with Crippen molar-refractivity contribution < 1.29 is 0 Å². The van der Waals surface area contributed by atoms with E-state index in [1.54, 1.807) is 0 Å². The van der Waals surface area contributed by atoms with Crippen LogP contribution in [-0.4, -0.2) is 26.2 Å². The molecule has 19 heavy (non-hydrogen) atoms. The molecule has 0 bridgehead atoms. The number of benzene rings is 1. The van der Waals surface area contributed by atoms with Gasteiger partial charge >= 0.3 is 0 Å². The molecule has 2 N–H and O–H groups in total. The van der Waals surface area contributed by atoms with E-state index in [-0.39, 0.29) is 5.41 Å². The minimum Gasteiger partial charge on any atom is -0.316 e. The molecule has 0 amide bonds. The summed E-state index contributed by atoms with van der Waals surface area (Å²) in [5.41, 5.74) is 4.55. The molecule has 0 aliphatic heterocycles. The molecule has 0 saturated heterocycles. The van der Waals surface area contributed by atoms with Gasteiger partial charge in [0.2, 0.25) is 0 Å². The van der Waals surface area contributed by atoms with E-state index in [0.717, 1.165) is 32.6 Å². The lowest BCUT2D eigenvalue weighted by atomic mass is 9.85. The molecule has 1 aromatic rings. The number of nitrogens with one attached hydrogen (secondary N) is 2. The summed E-state index contributed by atoms with van der Waals surface area (Å²) in [5, 5.41) is 6.82. The van der Waals surface area contributed by atoms with E-state index >= 15 is 0 Å². The summed E-state index contributed by atoms with van der Waals surface area (Å²) >= 11 is 0. The van der Waals surface area contributed by atoms with Crippen LogP contribution in [0.25, 0.3) is 0 Å². The van der Waals surface area contributed by atoms with Crippen LogP contribution in [0.4, 0.5) is 0 Å². The highest BCUT2D eigenvalue weighted by Crippen LogP contribution is 2.24. The maximum atomic E-state index is 3.49. The van der Waals surface area contributed by atoms with Crippen LogP contribution < -0.4 is 10.6 Å². The molecule has 0 aliphatic carbocycles. The maximum Gasteiger partial charge on any atom is 0.00768 e. The summed E-state index contributed by atoms with van der Waals surface area (Å²) in [4.78, 5) is 0. The van der Waals surface area contributed by atoms with Crippen LogP contribution >= 0.6 is 0 Å². The number of likely N-dealkylation sites (N-methyl/N-ethyl adjacent to an activating group) is 1. The molecule has 0 spiro atoms. The normalized spacial score (nSPS) is 11.8. The topological polar surface area (TPSA) is 24.1 Å². The average molecular weight is 262 g/mol. The van der Waals surface area contributed by atoms with Crippen LogP contribution in [-0.2, 0) is 11.8 Å². The zero-order chi connectivity index (χ0) is 14.3. The summed E-state index contributed by atoms with van der Waals surface area (Å²) in [7, 11) is 0. The van der Waals surface area contributed by atoms with Crippen LogP contribution in [0.1, 0.15) is 44.4 Å². The molecule has 0 aromatic heterocycles. The molecule has 0 saturated carbocycles. The zero-order valence-corrected chi connectivity index (χ0v) is 13.3. The highest BCUT2D eigenvalue weighted by atomic mass is 14.9. The first-order valence-corrected chi connectivity index (χ1v) is 7.46. The second-order valence-corrected chi connectivity index (χ2v) is 6.24. The molecule has 108 valence electrons. The molecular weight excluding hydrogens is 232 g/mol. The summed E-state index contributed by atoms with van der Waals surface area (Å²) < 4.78 is 0. The average Bonchev–Trinajstić information content (AvgIpc) is 2.34. The van der Waals surface area contributed by atoms with Gasteiger partial charge in [-0.05, 0) is 48.5 Å². The van der Waals surface area contributed by atoms with E-state index < -0.39 is 0 Å². The van der Waals surface area contributed by atoms with Crippen LogP contribution in [0, 0.1) is 6.92 Å². The van der Waals surface area contributed by atoms with Crippen molar-refractivity contribution in [2.75, 3.05) is 26.2 Å². The molecule has 0 radical (unpaired) electrons. The van der Waals surface area contributed by atoms with Gasteiger partial charge in [-0.1, -0.05) is 45.9 Å². The quantitative estimate of drug-likeness (QED) is 0.738. The second kappa shape index (κ2) is 7.66.